The number of phenols is 1. The second kappa shape index (κ2) is 8.51. The van der Waals surface area contributed by atoms with Gasteiger partial charge >= 0.3 is 11.7 Å². The number of aliphatic hydroxyl groups is 1. The molecule has 0 aliphatic carbocycles. The first-order valence-electron chi connectivity index (χ1n) is 7.16. The zero-order valence-electron chi connectivity index (χ0n) is 13.0. The molecule has 1 aliphatic heterocycles. The van der Waals surface area contributed by atoms with Gasteiger partial charge in [-0.2, -0.15) is 4.98 Å². The summed E-state index contributed by atoms with van der Waals surface area (Å²) in [6, 6.07) is 7.35. The fourth-order valence-corrected chi connectivity index (χ4v) is 2.92. The maximum atomic E-state index is 11.4. The van der Waals surface area contributed by atoms with Crippen molar-refractivity contribution in [2.24, 2.45) is 0 Å². The van der Waals surface area contributed by atoms with E-state index < -0.39 is 11.7 Å². The van der Waals surface area contributed by atoms with Gasteiger partial charge in [0.1, 0.15) is 28.8 Å². The lowest BCUT2D eigenvalue weighted by Gasteiger charge is -2.13. The summed E-state index contributed by atoms with van der Waals surface area (Å²) in [5.41, 5.74) is 4.61. The number of nitrogens with two attached hydrogens (primary N) is 1. The largest absolute Gasteiger partial charge is 0.507 e. The number of rotatable bonds is 3. The number of aromatic hydroxyl groups is 1. The number of hydrogen-bond donors (Lipinski definition) is 4. The molecule has 0 unspecified atom stereocenters. The highest BCUT2D eigenvalue weighted by molar-refractivity contribution is 8.00. The van der Waals surface area contributed by atoms with Crippen molar-refractivity contribution in [3.8, 4) is 5.75 Å². The van der Waals surface area contributed by atoms with E-state index >= 15 is 0 Å². The van der Waals surface area contributed by atoms with Gasteiger partial charge in [0, 0.05) is 11.9 Å². The van der Waals surface area contributed by atoms with Crippen molar-refractivity contribution in [1.82, 2.24) is 9.55 Å². The number of carboxylic acids is 1. The number of hydrogen-bond acceptors (Lipinski definition) is 8. The molecule has 1 aromatic carbocycles. The van der Waals surface area contributed by atoms with Crippen LogP contribution >= 0.6 is 11.8 Å². The van der Waals surface area contributed by atoms with Crippen LogP contribution in [0.15, 0.2) is 41.3 Å². The van der Waals surface area contributed by atoms with Gasteiger partial charge in [-0.05, 0) is 18.2 Å². The topological polar surface area (TPSA) is 148 Å². The predicted octanol–water partition coefficient (Wildman–Crippen LogP) is 0.496. The van der Waals surface area contributed by atoms with Crippen LogP contribution in [0, 0.1) is 0 Å². The Kier molecular flexibility index (Phi) is 6.39. The lowest BCUT2D eigenvalue weighted by atomic mass is 10.2. The van der Waals surface area contributed by atoms with Crippen LogP contribution in [0.4, 0.5) is 5.82 Å². The van der Waals surface area contributed by atoms with Gasteiger partial charge in [-0.3, -0.25) is 4.57 Å². The molecule has 1 saturated heterocycles. The Morgan fingerprint density at radius 1 is 1.40 bits per heavy atom. The van der Waals surface area contributed by atoms with Crippen molar-refractivity contribution in [3.05, 3.63) is 52.6 Å². The number of aromatic nitrogens is 2. The van der Waals surface area contributed by atoms with Crippen LogP contribution in [0.2, 0.25) is 0 Å². The molecule has 134 valence electrons. The molecule has 2 aromatic rings. The van der Waals surface area contributed by atoms with Gasteiger partial charge in [-0.25, -0.2) is 9.59 Å². The van der Waals surface area contributed by atoms with Crippen LogP contribution in [0.1, 0.15) is 16.6 Å². The second-order valence-corrected chi connectivity index (χ2v) is 6.09. The average Bonchev–Trinajstić information content (AvgIpc) is 3.04. The smallest absolute Gasteiger partial charge is 0.351 e. The van der Waals surface area contributed by atoms with Gasteiger partial charge in [0.05, 0.1) is 6.61 Å². The average molecular weight is 367 g/mol. The van der Waals surface area contributed by atoms with Gasteiger partial charge in [0.25, 0.3) is 0 Å². The Balaban J connectivity index is 0.000000196. The Morgan fingerprint density at radius 2 is 2.12 bits per heavy atom. The Bertz CT molecular complexity index is 797. The number of nitrogens with zero attached hydrogens (tertiary/aromatic N) is 2. The molecule has 25 heavy (non-hydrogen) atoms. The number of carboxylic acid groups (broad SMARTS) is 1. The molecule has 0 radical (unpaired) electrons. The van der Waals surface area contributed by atoms with Crippen molar-refractivity contribution < 1.29 is 24.9 Å². The van der Waals surface area contributed by atoms with E-state index in [0.717, 1.165) is 0 Å². The van der Waals surface area contributed by atoms with Gasteiger partial charge in [0.2, 0.25) is 0 Å². The van der Waals surface area contributed by atoms with E-state index in [2.05, 4.69) is 4.98 Å². The van der Waals surface area contributed by atoms with E-state index in [1.807, 2.05) is 0 Å². The third kappa shape index (κ3) is 4.95. The van der Waals surface area contributed by atoms with Gasteiger partial charge < -0.3 is 25.8 Å². The predicted molar refractivity (Wildman–Crippen MR) is 91.4 cm³/mol. The van der Waals surface area contributed by atoms with E-state index in [9.17, 15) is 9.59 Å². The number of ether oxygens (including phenoxy) is 1. The van der Waals surface area contributed by atoms with Crippen molar-refractivity contribution >= 4 is 23.5 Å². The maximum absolute atomic E-state index is 11.4. The second-order valence-electron chi connectivity index (χ2n) is 4.90. The number of thioether (sulfide) groups is 1. The highest BCUT2D eigenvalue weighted by Crippen LogP contribution is 2.30. The molecule has 1 aliphatic rings. The lowest BCUT2D eigenvalue weighted by Crippen LogP contribution is -2.28. The summed E-state index contributed by atoms with van der Waals surface area (Å²) in [5.74, 6) is -0.495. The fourth-order valence-electron chi connectivity index (χ4n) is 1.98. The summed E-state index contributed by atoms with van der Waals surface area (Å²) in [4.78, 5) is 25.3. The van der Waals surface area contributed by atoms with E-state index in [4.69, 9.17) is 25.8 Å². The molecule has 9 nitrogen and oxygen atoms in total. The van der Waals surface area contributed by atoms with Crippen LogP contribution in [-0.4, -0.2) is 48.6 Å². The fraction of sp³-hybridized carbons (Fsp3) is 0.267. The highest BCUT2D eigenvalue weighted by atomic mass is 32.2. The number of aliphatic hydroxyl groups excluding tert-OH is 1. The molecule has 2 atom stereocenters. The summed E-state index contributed by atoms with van der Waals surface area (Å²) in [7, 11) is 0. The first-order chi connectivity index (χ1) is 11.9. The van der Waals surface area contributed by atoms with E-state index in [0.29, 0.717) is 5.75 Å². The molecule has 1 aromatic heterocycles. The maximum Gasteiger partial charge on any atom is 0.351 e. The molecular weight excluding hydrogens is 350 g/mol. The zero-order chi connectivity index (χ0) is 18.4. The Labute approximate surface area is 146 Å². The van der Waals surface area contributed by atoms with Gasteiger partial charge in [-0.15, -0.1) is 11.8 Å². The number of benzene rings is 1. The normalized spacial score (nSPS) is 19.1. The van der Waals surface area contributed by atoms with E-state index in [1.54, 1.807) is 24.4 Å². The van der Waals surface area contributed by atoms with Crippen LogP contribution in [-0.2, 0) is 4.74 Å². The molecule has 3 rings (SSSR count). The van der Waals surface area contributed by atoms with E-state index in [-0.39, 0.29) is 35.4 Å². The van der Waals surface area contributed by atoms with Crippen LogP contribution in [0.3, 0.4) is 0 Å². The van der Waals surface area contributed by atoms with Crippen molar-refractivity contribution in [2.45, 2.75) is 11.7 Å². The third-order valence-corrected chi connectivity index (χ3v) is 4.29. The summed E-state index contributed by atoms with van der Waals surface area (Å²) in [6.07, 6.45) is 1.18. The van der Waals surface area contributed by atoms with Crippen molar-refractivity contribution in [1.29, 1.82) is 0 Å². The third-order valence-electron chi connectivity index (χ3n) is 3.18. The molecule has 0 bridgehead atoms. The van der Waals surface area contributed by atoms with Crippen molar-refractivity contribution in [2.75, 3.05) is 18.1 Å². The minimum absolute atomic E-state index is 0.0572. The van der Waals surface area contributed by atoms with E-state index in [1.165, 1.54) is 28.5 Å². The van der Waals surface area contributed by atoms with Gasteiger partial charge in [-0.1, -0.05) is 12.1 Å². The first kappa shape index (κ1) is 18.8. The zero-order valence-corrected chi connectivity index (χ0v) is 13.8. The molecule has 10 heteroatoms. The number of aromatic carboxylic acids is 1. The standard InChI is InChI=1S/C8H11N3O3S.C7H6O3/c9-5-1-2-11(8(13)10-5)6-4-15-7(3-12)14-6;8-6-4-2-1-3-5(6)7(9)10/h1-2,6-7,12H,3-4H2,(H2,9,10,13);1-4,8H,(H,9,10)/t6-,7+;/m0./s1. The number of anilines is 1. The number of carbonyl (C=O) groups is 1. The quantitative estimate of drug-likeness (QED) is 0.608. The number of nitrogen functional groups attached to an aromatic ring is 1. The monoisotopic (exact) mass is 367 g/mol. The minimum Gasteiger partial charge on any atom is -0.507 e. The first-order valence-corrected chi connectivity index (χ1v) is 8.21. The summed E-state index contributed by atoms with van der Waals surface area (Å²) in [5, 5.41) is 26.2. The van der Waals surface area contributed by atoms with Gasteiger partial charge in [0.15, 0.2) is 0 Å². The highest BCUT2D eigenvalue weighted by Gasteiger charge is 2.27. The van der Waals surface area contributed by atoms with Crippen LogP contribution < -0.4 is 11.4 Å². The molecular formula is C15H17N3O6S. The molecule has 0 saturated carbocycles. The minimum atomic E-state index is -1.11. The SMILES string of the molecule is Nc1ccn([C@@H]2CS[C@H](CO)O2)c(=O)n1.O=C(O)c1ccccc1O. The van der Waals surface area contributed by atoms with Crippen molar-refractivity contribution in [3.63, 3.8) is 0 Å². The van der Waals surface area contributed by atoms with Crippen LogP contribution in [0.5, 0.6) is 5.75 Å². The molecule has 2 heterocycles. The summed E-state index contributed by atoms with van der Waals surface area (Å²) in [6.45, 7) is -0.0572. The Hall–Kier alpha value is -2.56. The molecule has 0 spiro atoms. The van der Waals surface area contributed by atoms with Crippen LogP contribution in [0.25, 0.3) is 0 Å². The summed E-state index contributed by atoms with van der Waals surface area (Å²) >= 11 is 1.47. The molecule has 0 amide bonds. The number of para-hydroxylation sites is 1. The molecule has 1 fully saturated rings. The summed E-state index contributed by atoms with van der Waals surface area (Å²) < 4.78 is 6.79. The lowest BCUT2D eigenvalue weighted by molar-refractivity contribution is -0.00629. The Morgan fingerprint density at radius 3 is 2.64 bits per heavy atom. The molecule has 5 N–H and O–H groups in total.